The molecular weight excluding hydrogens is 640 g/mol. The van der Waals surface area contributed by atoms with Gasteiger partial charge in [-0.3, -0.25) is 19.6 Å². The van der Waals surface area contributed by atoms with Crippen molar-refractivity contribution in [3.63, 3.8) is 0 Å². The van der Waals surface area contributed by atoms with E-state index in [1.165, 1.54) is 35.0 Å². The van der Waals surface area contributed by atoms with Crippen LogP contribution in [0.4, 0.5) is 14.6 Å². The van der Waals surface area contributed by atoms with Crippen LogP contribution < -0.4 is 11.1 Å². The van der Waals surface area contributed by atoms with Crippen LogP contribution in [0.5, 0.6) is 0 Å². The van der Waals surface area contributed by atoms with Crippen LogP contribution in [0.2, 0.25) is 0 Å². The molecule has 0 saturated carbocycles. The van der Waals surface area contributed by atoms with Crippen LogP contribution in [-0.4, -0.2) is 88.1 Å². The molecule has 47 heavy (non-hydrogen) atoms. The fourth-order valence-corrected chi connectivity index (χ4v) is 7.17. The predicted molar refractivity (Wildman–Crippen MR) is 162 cm³/mol. The van der Waals surface area contributed by atoms with E-state index in [1.54, 1.807) is 0 Å². The Bertz CT molecular complexity index is 1980. The van der Waals surface area contributed by atoms with Crippen molar-refractivity contribution < 1.29 is 41.4 Å². The van der Waals surface area contributed by atoms with Crippen LogP contribution in [0, 0.1) is 11.6 Å². The maximum absolute atomic E-state index is 13.8. The minimum absolute atomic E-state index is 0.0222. The minimum atomic E-state index is -4.33. The minimum Gasteiger partial charge on any atom is -0.477 e. The summed E-state index contributed by atoms with van der Waals surface area (Å²) in [5.41, 5.74) is 7.08. The number of carbonyl (C=O) groups excluding carboxylic acids is 2. The van der Waals surface area contributed by atoms with E-state index in [1.807, 2.05) is 0 Å². The van der Waals surface area contributed by atoms with Crippen molar-refractivity contribution in [2.24, 2.45) is 5.73 Å². The molecular formula is C30H29F2N7O7S. The highest BCUT2D eigenvalue weighted by Gasteiger charge is 2.33. The first kappa shape index (κ1) is 32.0. The van der Waals surface area contributed by atoms with Crippen molar-refractivity contribution >= 4 is 33.6 Å². The number of carboxylic acid groups (broad SMARTS) is 1. The molecule has 0 radical (unpaired) electrons. The van der Waals surface area contributed by atoms with Crippen LogP contribution in [0.25, 0.3) is 5.69 Å². The molecule has 246 valence electrons. The first-order valence-corrected chi connectivity index (χ1v) is 15.9. The number of ether oxygens (including phenoxy) is 1. The molecule has 2 aromatic carbocycles. The Hall–Kier alpha value is -4.97. The molecule has 2 aliphatic heterocycles. The lowest BCUT2D eigenvalue weighted by atomic mass is 9.99. The van der Waals surface area contributed by atoms with Gasteiger partial charge in [-0.05, 0) is 42.0 Å². The molecule has 0 atom stereocenters. The number of rotatable bonds is 9. The first-order chi connectivity index (χ1) is 22.4. The molecule has 2 amide bonds. The van der Waals surface area contributed by atoms with Crippen LogP contribution >= 0.6 is 0 Å². The fourth-order valence-electron chi connectivity index (χ4n) is 5.72. The molecule has 0 aliphatic carbocycles. The molecule has 14 nitrogen and oxygen atoms in total. The van der Waals surface area contributed by atoms with Crippen molar-refractivity contribution in [1.29, 1.82) is 0 Å². The number of sulfonamides is 1. The van der Waals surface area contributed by atoms with Gasteiger partial charge in [-0.15, -0.1) is 0 Å². The lowest BCUT2D eigenvalue weighted by Crippen LogP contribution is -2.36. The smallest absolute Gasteiger partial charge is 0.352 e. The van der Waals surface area contributed by atoms with Gasteiger partial charge in [0, 0.05) is 62.7 Å². The number of halogens is 2. The second-order valence-electron chi connectivity index (χ2n) is 11.0. The van der Waals surface area contributed by atoms with E-state index in [9.17, 15) is 36.7 Å². The number of aromatic carboxylic acids is 1. The summed E-state index contributed by atoms with van der Waals surface area (Å²) in [6, 6.07) is 7.79. The highest BCUT2D eigenvalue weighted by Crippen LogP contribution is 2.30. The maximum Gasteiger partial charge on any atom is 0.352 e. The lowest BCUT2D eigenvalue weighted by Gasteiger charge is -2.28. The number of morpholine rings is 1. The highest BCUT2D eigenvalue weighted by molar-refractivity contribution is 7.89. The van der Waals surface area contributed by atoms with Gasteiger partial charge in [0.15, 0.2) is 5.82 Å². The monoisotopic (exact) mass is 669 g/mol. The van der Waals surface area contributed by atoms with Gasteiger partial charge in [0.05, 0.1) is 34.9 Å². The molecule has 4 aromatic rings. The summed E-state index contributed by atoms with van der Waals surface area (Å²) in [5, 5.41) is 19.4. The third-order valence-corrected chi connectivity index (χ3v) is 9.88. The molecule has 0 spiro atoms. The maximum atomic E-state index is 13.8. The highest BCUT2D eigenvalue weighted by atomic mass is 32.2. The number of nitrogens with two attached hydrogens (primary N) is 1. The standard InChI is InChI=1S/C30H29F2N7O7S/c31-18-11-19(32)13-20(12-18)47(44,45)38-5-3-24-23(16-38)28(36-35-24)34-29(41)22-14-26(39-4-1-2-25(39)30(42)43)17(10-21(22)27(33)40)15-37-6-8-46-9-7-37/h1-2,4,10-14H,3,5-9,15-16H2,(H2,33,40)(H,42,43)(H2,34,35,36,41). The Morgan fingerprint density at radius 2 is 1.77 bits per heavy atom. The number of nitrogens with zero attached hydrogens (tertiary/aromatic N) is 4. The molecule has 2 aliphatic rings. The number of anilines is 1. The molecule has 0 bridgehead atoms. The van der Waals surface area contributed by atoms with Gasteiger partial charge in [0.2, 0.25) is 15.9 Å². The summed E-state index contributed by atoms with van der Waals surface area (Å²) in [5.74, 6) is -5.05. The van der Waals surface area contributed by atoms with Crippen LogP contribution in [-0.2, 0) is 34.3 Å². The van der Waals surface area contributed by atoms with Crippen molar-refractivity contribution in [2.45, 2.75) is 24.4 Å². The number of fused-ring (bicyclic) bond motifs is 1. The molecule has 1 saturated heterocycles. The van der Waals surface area contributed by atoms with Crippen molar-refractivity contribution in [3.05, 3.63) is 93.9 Å². The zero-order valence-corrected chi connectivity index (χ0v) is 25.5. The van der Waals surface area contributed by atoms with Gasteiger partial charge < -0.3 is 25.5 Å². The summed E-state index contributed by atoms with van der Waals surface area (Å²) < 4.78 is 62.0. The van der Waals surface area contributed by atoms with Gasteiger partial charge in [0.25, 0.3) is 5.91 Å². The molecule has 0 unspecified atom stereocenters. The van der Waals surface area contributed by atoms with Crippen LogP contribution in [0.3, 0.4) is 0 Å². The summed E-state index contributed by atoms with van der Waals surface area (Å²) in [7, 11) is -4.33. The number of aromatic amines is 1. The Morgan fingerprint density at radius 3 is 2.45 bits per heavy atom. The average molecular weight is 670 g/mol. The predicted octanol–water partition coefficient (Wildman–Crippen LogP) is 2.11. The molecule has 6 rings (SSSR count). The zero-order valence-electron chi connectivity index (χ0n) is 24.7. The Morgan fingerprint density at radius 1 is 1.04 bits per heavy atom. The summed E-state index contributed by atoms with van der Waals surface area (Å²) in [4.78, 5) is 40.0. The zero-order chi connectivity index (χ0) is 33.5. The number of hydrogen-bond acceptors (Lipinski definition) is 8. The molecule has 5 N–H and O–H groups in total. The van der Waals surface area contributed by atoms with E-state index in [-0.39, 0.29) is 42.1 Å². The summed E-state index contributed by atoms with van der Waals surface area (Å²) in [6.45, 7) is 2.19. The lowest BCUT2D eigenvalue weighted by molar-refractivity contribution is 0.0341. The summed E-state index contributed by atoms with van der Waals surface area (Å²) >= 11 is 0. The van der Waals surface area contributed by atoms with Crippen molar-refractivity contribution in [2.75, 3.05) is 38.2 Å². The topological polar surface area (TPSA) is 193 Å². The van der Waals surface area contributed by atoms with E-state index in [0.717, 1.165) is 16.4 Å². The average Bonchev–Trinajstić information content (AvgIpc) is 3.68. The van der Waals surface area contributed by atoms with E-state index >= 15 is 0 Å². The number of benzene rings is 2. The van der Waals surface area contributed by atoms with Gasteiger partial charge in [-0.1, -0.05) is 0 Å². The normalized spacial score (nSPS) is 15.7. The Balaban J connectivity index is 1.35. The second-order valence-corrected chi connectivity index (χ2v) is 13.0. The quantitative estimate of drug-likeness (QED) is 0.207. The van der Waals surface area contributed by atoms with E-state index in [2.05, 4.69) is 20.4 Å². The number of H-pyrrole nitrogens is 1. The van der Waals surface area contributed by atoms with Gasteiger partial charge in [0.1, 0.15) is 17.3 Å². The van der Waals surface area contributed by atoms with E-state index < -0.39 is 44.3 Å². The van der Waals surface area contributed by atoms with Crippen molar-refractivity contribution in [3.8, 4) is 5.69 Å². The largest absolute Gasteiger partial charge is 0.477 e. The number of amides is 2. The molecule has 17 heteroatoms. The molecule has 4 heterocycles. The number of carbonyl (C=O) groups is 3. The number of nitrogens with one attached hydrogen (secondary N) is 2. The number of primary amides is 1. The van der Waals surface area contributed by atoms with Gasteiger partial charge >= 0.3 is 5.97 Å². The molecule has 1 fully saturated rings. The van der Waals surface area contributed by atoms with Gasteiger partial charge in [-0.2, -0.15) is 9.40 Å². The molecule has 2 aromatic heterocycles. The Labute approximate surface area is 266 Å². The SMILES string of the molecule is NC(=O)c1cc(CN2CCOCC2)c(-n2cccc2C(=O)O)cc1C(=O)Nc1n[nH]c2c1CN(S(=O)(=O)c1cc(F)cc(F)c1)CC2. The third-order valence-electron chi connectivity index (χ3n) is 8.06. The fraction of sp³-hybridized carbons (Fsp3) is 0.267. The van der Waals surface area contributed by atoms with Crippen LogP contribution in [0.1, 0.15) is 48.0 Å². The van der Waals surface area contributed by atoms with Gasteiger partial charge in [-0.25, -0.2) is 22.0 Å². The van der Waals surface area contributed by atoms with Crippen LogP contribution in [0.15, 0.2) is 53.6 Å². The Kier molecular flexibility index (Phi) is 8.63. The van der Waals surface area contributed by atoms with E-state index in [0.29, 0.717) is 61.4 Å². The number of carboxylic acids is 1. The second kappa shape index (κ2) is 12.7. The number of hydrogen-bond donors (Lipinski definition) is 4. The van der Waals surface area contributed by atoms with E-state index in [4.69, 9.17) is 10.5 Å². The third kappa shape index (κ3) is 6.37. The summed E-state index contributed by atoms with van der Waals surface area (Å²) in [6.07, 6.45) is 1.69. The number of aromatic nitrogens is 3. The first-order valence-electron chi connectivity index (χ1n) is 14.4. The van der Waals surface area contributed by atoms with Crippen molar-refractivity contribution in [1.82, 2.24) is 24.0 Å².